The molecule has 2 aromatic rings. The molecule has 0 radical (unpaired) electrons. The third-order valence-corrected chi connectivity index (χ3v) is 6.50. The maximum atomic E-state index is 14.8. The van der Waals surface area contributed by atoms with Gasteiger partial charge in [-0.25, -0.2) is 19.0 Å². The Balaban J connectivity index is 1.55. The first-order chi connectivity index (χ1) is 16.1. The number of hydrogen-bond acceptors (Lipinski definition) is 7. The third-order valence-electron chi connectivity index (χ3n) is 6.50. The van der Waals surface area contributed by atoms with Gasteiger partial charge in [0.25, 0.3) is 5.91 Å². The zero-order valence-corrected chi connectivity index (χ0v) is 18.2. The van der Waals surface area contributed by atoms with Gasteiger partial charge in [0.15, 0.2) is 11.5 Å². The average Bonchev–Trinajstić information content (AvgIpc) is 3.53. The fourth-order valence-electron chi connectivity index (χ4n) is 4.78. The molecule has 172 valence electrons. The Kier molecular flexibility index (Phi) is 4.92. The van der Waals surface area contributed by atoms with E-state index in [0.717, 1.165) is 5.57 Å². The van der Waals surface area contributed by atoms with Crippen LogP contribution in [0.2, 0.25) is 0 Å². The van der Waals surface area contributed by atoms with E-state index < -0.39 is 6.10 Å². The van der Waals surface area contributed by atoms with Crippen molar-refractivity contribution in [2.75, 3.05) is 24.9 Å². The van der Waals surface area contributed by atoms with Gasteiger partial charge in [0.1, 0.15) is 23.3 Å². The van der Waals surface area contributed by atoms with Gasteiger partial charge < -0.3 is 14.8 Å². The predicted octanol–water partition coefficient (Wildman–Crippen LogP) is 2.61. The van der Waals surface area contributed by atoms with E-state index in [1.54, 1.807) is 27.9 Å². The average molecular weight is 453 g/mol. The highest BCUT2D eigenvalue weighted by molar-refractivity contribution is 6.00. The number of aromatic nitrogens is 3. The fourth-order valence-corrected chi connectivity index (χ4v) is 4.78. The van der Waals surface area contributed by atoms with Gasteiger partial charge in [-0.05, 0) is 37.5 Å². The van der Waals surface area contributed by atoms with Gasteiger partial charge in [0.2, 0.25) is 0 Å². The van der Waals surface area contributed by atoms with Crippen molar-refractivity contribution in [3.63, 3.8) is 0 Å². The maximum Gasteiger partial charge on any atom is 0.257 e. The number of fused-ring (bicyclic) bond motifs is 6. The van der Waals surface area contributed by atoms with Crippen molar-refractivity contribution < 1.29 is 23.5 Å². The van der Waals surface area contributed by atoms with Gasteiger partial charge in [-0.3, -0.25) is 9.63 Å². The summed E-state index contributed by atoms with van der Waals surface area (Å²) >= 11 is 0. The largest absolute Gasteiger partial charge is 0.485 e. The van der Waals surface area contributed by atoms with Crippen molar-refractivity contribution in [3.05, 3.63) is 58.9 Å². The number of anilines is 1. The minimum absolute atomic E-state index is 0.301. The van der Waals surface area contributed by atoms with Crippen LogP contribution < -0.4 is 10.4 Å². The number of hydrogen-bond donors (Lipinski definition) is 1. The summed E-state index contributed by atoms with van der Waals surface area (Å²) in [6, 6.07) is 1.10. The second-order valence-electron chi connectivity index (χ2n) is 8.69. The molecule has 2 bridgehead atoms. The Morgan fingerprint density at radius 3 is 3.12 bits per heavy atom. The lowest BCUT2D eigenvalue weighted by atomic mass is 9.95. The molecule has 2 aromatic heterocycles. The van der Waals surface area contributed by atoms with Crippen LogP contribution in [0.25, 0.3) is 5.65 Å². The van der Waals surface area contributed by atoms with E-state index in [4.69, 9.17) is 19.3 Å². The standard InChI is InChI=1S/C23H24FN5O4/c1-13-3-2-4-14(24)9-15-18-6-8-32-29(18)20-5-7-28-22(27-20)16(10-25-28)23(30)26-17-11-31-12-19(17)33-21(13)15/h4-5,7,9-10,17-19H,2-3,6,8,11-12H2,1H3,(H,26,30)/b14-4+,15-9-,21-13+/t17?,18?,19-/m0/s1. The van der Waals surface area contributed by atoms with Gasteiger partial charge >= 0.3 is 0 Å². The number of nitrogens with one attached hydrogen (secondary N) is 1. The summed E-state index contributed by atoms with van der Waals surface area (Å²) in [5, 5.41) is 8.96. The Bertz CT molecular complexity index is 1220. The molecule has 0 saturated carbocycles. The first-order valence-corrected chi connectivity index (χ1v) is 11.2. The highest BCUT2D eigenvalue weighted by atomic mass is 19.1. The molecule has 0 aromatic carbocycles. The smallest absolute Gasteiger partial charge is 0.257 e. The highest BCUT2D eigenvalue weighted by Gasteiger charge is 2.39. The molecule has 5 heterocycles. The SMILES string of the molecule is C\C1=C2/O[C@H]3COCC3NC(=O)c3cnn4ccc(nc34)N3OCCC3/C2=C/C(F)=C\CC1. The van der Waals surface area contributed by atoms with Crippen molar-refractivity contribution in [2.45, 2.75) is 44.4 Å². The van der Waals surface area contributed by atoms with Crippen molar-refractivity contribution in [1.82, 2.24) is 19.9 Å². The molecule has 33 heavy (non-hydrogen) atoms. The summed E-state index contributed by atoms with van der Waals surface area (Å²) < 4.78 is 28.5. The van der Waals surface area contributed by atoms with E-state index in [1.165, 1.54) is 12.3 Å². The Morgan fingerprint density at radius 2 is 2.21 bits per heavy atom. The molecular formula is C23H24FN5O4. The molecule has 1 N–H and O–H groups in total. The number of hydroxylamine groups is 1. The van der Waals surface area contributed by atoms with Crippen molar-refractivity contribution >= 4 is 17.4 Å². The molecule has 3 aliphatic heterocycles. The van der Waals surface area contributed by atoms with Crippen LogP contribution in [0, 0.1) is 0 Å². The molecule has 3 atom stereocenters. The van der Waals surface area contributed by atoms with E-state index in [2.05, 4.69) is 10.4 Å². The molecule has 10 heteroatoms. The summed E-state index contributed by atoms with van der Waals surface area (Å²) in [5.41, 5.74) is 2.49. The van der Waals surface area contributed by atoms with Crippen LogP contribution in [0.5, 0.6) is 0 Å². The van der Waals surface area contributed by atoms with Crippen molar-refractivity contribution in [3.8, 4) is 0 Å². The Morgan fingerprint density at radius 1 is 1.30 bits per heavy atom. The number of amides is 1. The minimum atomic E-state index is -0.410. The van der Waals surface area contributed by atoms with Gasteiger partial charge in [0.05, 0.1) is 38.1 Å². The van der Waals surface area contributed by atoms with Crippen molar-refractivity contribution in [2.24, 2.45) is 0 Å². The van der Waals surface area contributed by atoms with Gasteiger partial charge in [-0.15, -0.1) is 0 Å². The van der Waals surface area contributed by atoms with Crippen LogP contribution in [0.1, 0.15) is 36.5 Å². The van der Waals surface area contributed by atoms with Gasteiger partial charge in [-0.2, -0.15) is 5.10 Å². The zero-order chi connectivity index (χ0) is 22.5. The third kappa shape index (κ3) is 3.50. The molecular weight excluding hydrogens is 429 g/mol. The molecule has 6 rings (SSSR count). The minimum Gasteiger partial charge on any atom is -0.485 e. The molecule has 2 saturated heterocycles. The monoisotopic (exact) mass is 453 g/mol. The lowest BCUT2D eigenvalue weighted by molar-refractivity contribution is 0.0762. The summed E-state index contributed by atoms with van der Waals surface area (Å²) in [5.74, 6) is 0.553. The number of nitrogens with zero attached hydrogens (tertiary/aromatic N) is 4. The van der Waals surface area contributed by atoms with E-state index in [-0.39, 0.29) is 23.8 Å². The molecule has 1 aliphatic carbocycles. The van der Waals surface area contributed by atoms with Gasteiger partial charge in [-0.1, -0.05) is 0 Å². The number of rotatable bonds is 0. The summed E-state index contributed by atoms with van der Waals surface area (Å²) in [7, 11) is 0. The summed E-state index contributed by atoms with van der Waals surface area (Å²) in [6.45, 7) is 3.11. The van der Waals surface area contributed by atoms with E-state index in [0.29, 0.717) is 67.4 Å². The number of carbonyl (C=O) groups excluding carboxylic acids is 1. The molecule has 1 amide bonds. The van der Waals surface area contributed by atoms with Crippen LogP contribution in [0.15, 0.2) is 53.3 Å². The number of allylic oxidation sites excluding steroid dienone is 4. The topological polar surface area (TPSA) is 90.2 Å². The van der Waals surface area contributed by atoms with Crippen LogP contribution in [-0.2, 0) is 14.3 Å². The molecule has 2 fully saturated rings. The van der Waals surface area contributed by atoms with E-state index in [9.17, 15) is 9.18 Å². The van der Waals surface area contributed by atoms with Crippen LogP contribution in [0.3, 0.4) is 0 Å². The summed E-state index contributed by atoms with van der Waals surface area (Å²) in [6.07, 6.45) is 7.85. The van der Waals surface area contributed by atoms with Crippen molar-refractivity contribution in [1.29, 1.82) is 0 Å². The zero-order valence-electron chi connectivity index (χ0n) is 18.2. The van der Waals surface area contributed by atoms with E-state index >= 15 is 0 Å². The quantitative estimate of drug-likeness (QED) is 0.656. The number of carbonyl (C=O) groups is 1. The van der Waals surface area contributed by atoms with Crippen LogP contribution in [-0.4, -0.2) is 58.5 Å². The second-order valence-corrected chi connectivity index (χ2v) is 8.69. The highest BCUT2D eigenvalue weighted by Crippen LogP contribution is 2.36. The van der Waals surface area contributed by atoms with Crippen LogP contribution >= 0.6 is 0 Å². The molecule has 9 nitrogen and oxygen atoms in total. The second kappa shape index (κ2) is 7.96. The summed E-state index contributed by atoms with van der Waals surface area (Å²) in [4.78, 5) is 23.8. The molecule has 0 spiro atoms. The lowest BCUT2D eigenvalue weighted by Crippen LogP contribution is -2.44. The first-order valence-electron chi connectivity index (χ1n) is 11.2. The Hall–Kier alpha value is -3.24. The predicted molar refractivity (Wildman–Crippen MR) is 116 cm³/mol. The van der Waals surface area contributed by atoms with Gasteiger partial charge in [0, 0.05) is 24.3 Å². The maximum absolute atomic E-state index is 14.8. The molecule has 4 aliphatic rings. The normalized spacial score (nSPS) is 33.1. The lowest BCUT2D eigenvalue weighted by Gasteiger charge is -2.30. The fraction of sp³-hybridized carbons (Fsp3) is 0.435. The number of ether oxygens (including phenoxy) is 2. The van der Waals surface area contributed by atoms with Crippen LogP contribution in [0.4, 0.5) is 10.2 Å². The number of halogens is 1. The first kappa shape index (κ1) is 20.4. The Labute approximate surface area is 189 Å². The molecule has 2 unspecified atom stereocenters. The van der Waals surface area contributed by atoms with E-state index in [1.807, 2.05) is 6.92 Å².